The van der Waals surface area contributed by atoms with E-state index < -0.39 is 26.5 Å². The molecular formula is C81H158NO8P. The van der Waals surface area contributed by atoms with Crippen LogP contribution in [0.25, 0.3) is 0 Å². The minimum Gasteiger partial charge on any atom is -0.462 e. The van der Waals surface area contributed by atoms with Gasteiger partial charge in [-0.1, -0.05) is 398 Å². The molecule has 0 aromatic rings. The maximum atomic E-state index is 12.8. The summed E-state index contributed by atoms with van der Waals surface area (Å²) in [6.45, 7) is 3.84. The number of phosphoric acid groups is 1. The molecule has 0 aromatic carbocycles. The van der Waals surface area contributed by atoms with Crippen LogP contribution in [0.1, 0.15) is 450 Å². The van der Waals surface area contributed by atoms with Gasteiger partial charge in [0.15, 0.2) is 6.10 Å². The molecule has 0 amide bonds. The van der Waals surface area contributed by atoms with Gasteiger partial charge in [0.25, 0.3) is 0 Å². The fourth-order valence-electron chi connectivity index (χ4n) is 12.8. The molecule has 0 bridgehead atoms. The van der Waals surface area contributed by atoms with Crippen molar-refractivity contribution in [1.82, 2.24) is 0 Å². The Hall–Kier alpha value is -1.51. The molecule has 0 aliphatic rings. The number of phosphoric ester groups is 1. The standard InChI is InChI=1S/C81H158NO8P/c1-3-5-7-9-11-13-15-17-19-21-23-25-27-29-31-33-34-35-36-37-38-39-40-41-42-43-44-46-48-50-52-54-56-58-60-62-64-66-68-70-72-74-81(84)90-79(78-89-91(85,86)88-76-75-82)77-87-80(83)73-71-69-67-65-63-61-59-57-55-53-51-49-47-45-32-30-28-26-24-22-20-18-16-14-12-10-8-6-4-2/h21-24,79H,3-20,25-78,82H2,1-2H3,(H,85,86)/b23-21-,24-22-. The van der Waals surface area contributed by atoms with Gasteiger partial charge in [-0.3, -0.25) is 18.6 Å². The van der Waals surface area contributed by atoms with Crippen LogP contribution in [0.5, 0.6) is 0 Å². The number of hydrogen-bond donors (Lipinski definition) is 2. The average molecular weight is 1310 g/mol. The van der Waals surface area contributed by atoms with Crippen molar-refractivity contribution in [2.45, 2.75) is 457 Å². The molecule has 0 saturated carbocycles. The van der Waals surface area contributed by atoms with E-state index in [0.717, 1.165) is 32.1 Å². The Morgan fingerprint density at radius 1 is 0.319 bits per heavy atom. The lowest BCUT2D eigenvalue weighted by molar-refractivity contribution is -0.161. The van der Waals surface area contributed by atoms with Gasteiger partial charge in [-0.05, 0) is 64.2 Å². The highest BCUT2D eigenvalue weighted by atomic mass is 31.2. The number of hydrogen-bond acceptors (Lipinski definition) is 8. The molecule has 0 aromatic heterocycles. The van der Waals surface area contributed by atoms with Crippen LogP contribution in [0.15, 0.2) is 24.3 Å². The Morgan fingerprint density at radius 2 is 0.538 bits per heavy atom. The number of allylic oxidation sites excluding steroid dienone is 4. The van der Waals surface area contributed by atoms with Gasteiger partial charge in [0.2, 0.25) is 0 Å². The van der Waals surface area contributed by atoms with E-state index in [1.165, 1.54) is 385 Å². The molecule has 0 rings (SSSR count). The van der Waals surface area contributed by atoms with Crippen LogP contribution >= 0.6 is 7.82 Å². The minimum absolute atomic E-state index is 0.0573. The van der Waals surface area contributed by atoms with Gasteiger partial charge in [-0.2, -0.15) is 0 Å². The number of ether oxygens (including phenoxy) is 2. The average Bonchev–Trinajstić information content (AvgIpc) is 3.74. The fraction of sp³-hybridized carbons (Fsp3) is 0.926. The van der Waals surface area contributed by atoms with Crippen molar-refractivity contribution in [2.24, 2.45) is 5.73 Å². The maximum absolute atomic E-state index is 12.8. The second-order valence-electron chi connectivity index (χ2n) is 28.0. The molecule has 10 heteroatoms. The largest absolute Gasteiger partial charge is 0.472 e. The van der Waals surface area contributed by atoms with Crippen molar-refractivity contribution in [3.8, 4) is 0 Å². The van der Waals surface area contributed by atoms with Gasteiger partial charge in [0.05, 0.1) is 13.2 Å². The molecule has 0 fully saturated rings. The SMILES string of the molecule is CCCCCCCCCC/C=C\CCCCCCCCCCCCCCCCCCCCCCCCCCCCCCCC(=O)OC(COC(=O)CCCCCCCCCCCCCCCCCCC/C=C\CCCCCCCCCC)COP(=O)(O)OCCN. The Balaban J connectivity index is 3.72. The van der Waals surface area contributed by atoms with E-state index in [-0.39, 0.29) is 38.6 Å². The number of carbonyl (C=O) groups is 2. The summed E-state index contributed by atoms with van der Waals surface area (Å²) in [7, 11) is -4.39. The first-order valence-electron chi connectivity index (χ1n) is 40.8. The number of nitrogens with two attached hydrogens (primary N) is 1. The van der Waals surface area contributed by atoms with Crippen LogP contribution in [0.4, 0.5) is 0 Å². The fourth-order valence-corrected chi connectivity index (χ4v) is 13.5. The molecule has 0 radical (unpaired) electrons. The summed E-state index contributed by atoms with van der Waals surface area (Å²) in [5, 5.41) is 0. The summed E-state index contributed by atoms with van der Waals surface area (Å²) in [4.78, 5) is 35.5. The highest BCUT2D eigenvalue weighted by molar-refractivity contribution is 7.47. The number of unbranched alkanes of at least 4 members (excludes halogenated alkanes) is 62. The highest BCUT2D eigenvalue weighted by Crippen LogP contribution is 2.43. The third kappa shape index (κ3) is 77.4. The smallest absolute Gasteiger partial charge is 0.462 e. The summed E-state index contributed by atoms with van der Waals surface area (Å²) < 4.78 is 33.3. The minimum atomic E-state index is -4.39. The summed E-state index contributed by atoms with van der Waals surface area (Å²) in [6, 6.07) is 0. The van der Waals surface area contributed by atoms with Gasteiger partial charge in [0, 0.05) is 19.4 Å². The molecule has 2 atom stereocenters. The van der Waals surface area contributed by atoms with Crippen LogP contribution < -0.4 is 5.73 Å². The maximum Gasteiger partial charge on any atom is 0.472 e. The second-order valence-corrected chi connectivity index (χ2v) is 29.4. The second kappa shape index (κ2) is 77.5. The van der Waals surface area contributed by atoms with Crippen molar-refractivity contribution in [3.63, 3.8) is 0 Å². The first-order chi connectivity index (χ1) is 44.8. The molecule has 9 nitrogen and oxygen atoms in total. The van der Waals surface area contributed by atoms with Crippen molar-refractivity contribution in [2.75, 3.05) is 26.4 Å². The molecule has 2 unspecified atom stereocenters. The monoisotopic (exact) mass is 1300 g/mol. The molecule has 0 saturated heterocycles. The predicted octanol–water partition coefficient (Wildman–Crippen LogP) is 27.2. The zero-order valence-corrected chi connectivity index (χ0v) is 62.0. The third-order valence-corrected chi connectivity index (χ3v) is 19.8. The van der Waals surface area contributed by atoms with Crippen LogP contribution in [0, 0.1) is 0 Å². The Morgan fingerprint density at radius 3 is 0.780 bits per heavy atom. The van der Waals surface area contributed by atoms with Crippen LogP contribution in [0.3, 0.4) is 0 Å². The predicted molar refractivity (Wildman–Crippen MR) is 395 cm³/mol. The number of esters is 2. The zero-order valence-electron chi connectivity index (χ0n) is 61.1. The lowest BCUT2D eigenvalue weighted by Gasteiger charge is -2.19. The highest BCUT2D eigenvalue weighted by Gasteiger charge is 2.26. The van der Waals surface area contributed by atoms with E-state index in [9.17, 15) is 19.0 Å². The number of carbonyl (C=O) groups excluding carboxylic acids is 2. The molecule has 0 heterocycles. The normalized spacial score (nSPS) is 12.9. The lowest BCUT2D eigenvalue weighted by Crippen LogP contribution is -2.29. The van der Waals surface area contributed by atoms with E-state index in [1.54, 1.807) is 0 Å². The van der Waals surface area contributed by atoms with E-state index in [1.807, 2.05) is 0 Å². The third-order valence-electron chi connectivity index (χ3n) is 18.8. The van der Waals surface area contributed by atoms with Gasteiger partial charge in [0.1, 0.15) is 6.61 Å². The zero-order chi connectivity index (χ0) is 65.8. The van der Waals surface area contributed by atoms with E-state index >= 15 is 0 Å². The molecule has 540 valence electrons. The molecule has 0 aliphatic heterocycles. The Labute approximate surface area is 567 Å². The summed E-state index contributed by atoms with van der Waals surface area (Å²) in [5.41, 5.74) is 5.42. The summed E-state index contributed by atoms with van der Waals surface area (Å²) in [6.07, 6.45) is 97.7. The van der Waals surface area contributed by atoms with Gasteiger partial charge < -0.3 is 20.1 Å². The van der Waals surface area contributed by atoms with Crippen molar-refractivity contribution in [1.29, 1.82) is 0 Å². The summed E-state index contributed by atoms with van der Waals surface area (Å²) >= 11 is 0. The van der Waals surface area contributed by atoms with E-state index in [0.29, 0.717) is 6.42 Å². The quantitative estimate of drug-likeness (QED) is 0.0264. The van der Waals surface area contributed by atoms with Crippen LogP contribution in [-0.2, 0) is 32.7 Å². The Kier molecular flexibility index (Phi) is 76.2. The van der Waals surface area contributed by atoms with Crippen LogP contribution in [0.2, 0.25) is 0 Å². The molecule has 3 N–H and O–H groups in total. The van der Waals surface area contributed by atoms with Crippen LogP contribution in [-0.4, -0.2) is 49.3 Å². The van der Waals surface area contributed by atoms with E-state index in [2.05, 4.69) is 38.2 Å². The molecule has 0 spiro atoms. The van der Waals surface area contributed by atoms with Crippen molar-refractivity contribution >= 4 is 19.8 Å². The van der Waals surface area contributed by atoms with Gasteiger partial charge in [-0.25, -0.2) is 4.57 Å². The Bertz CT molecular complexity index is 1540. The first kappa shape index (κ1) is 89.5. The van der Waals surface area contributed by atoms with Crippen molar-refractivity contribution < 1.29 is 37.6 Å². The number of rotatable bonds is 79. The van der Waals surface area contributed by atoms with Crippen molar-refractivity contribution in [3.05, 3.63) is 24.3 Å². The molecular weight excluding hydrogens is 1150 g/mol. The summed E-state index contributed by atoms with van der Waals surface area (Å²) in [5.74, 6) is -0.799. The van der Waals surface area contributed by atoms with E-state index in [4.69, 9.17) is 24.3 Å². The first-order valence-corrected chi connectivity index (χ1v) is 42.3. The van der Waals surface area contributed by atoms with Gasteiger partial charge in [-0.15, -0.1) is 0 Å². The van der Waals surface area contributed by atoms with Gasteiger partial charge >= 0.3 is 19.8 Å². The lowest BCUT2D eigenvalue weighted by atomic mass is 10.0. The molecule has 91 heavy (non-hydrogen) atoms. The molecule has 0 aliphatic carbocycles. The topological polar surface area (TPSA) is 134 Å².